The van der Waals surface area contributed by atoms with Gasteiger partial charge in [-0.05, 0) is 57.3 Å². The highest BCUT2D eigenvalue weighted by molar-refractivity contribution is 5.80. The predicted molar refractivity (Wildman–Crippen MR) is 99.5 cm³/mol. The number of rotatable bonds is 7. The summed E-state index contributed by atoms with van der Waals surface area (Å²) in [5.41, 5.74) is 0. The summed E-state index contributed by atoms with van der Waals surface area (Å²) in [6, 6.07) is 0.556. The van der Waals surface area contributed by atoms with Gasteiger partial charge in [0.1, 0.15) is 0 Å². The monoisotopic (exact) mass is 339 g/mol. The second-order valence-corrected chi connectivity index (χ2v) is 7.56. The standard InChI is InChI=1S/C19H37N3O2/c1-4-20-19(22-17-13-15(2)12-16(3)14-17)21-8-5-9-24-18-6-10-23-11-7-18/h15-18H,4-14H2,1-3H3,(H2,20,21,22). The van der Waals surface area contributed by atoms with Crippen LogP contribution in [0.2, 0.25) is 0 Å². The molecule has 1 aliphatic heterocycles. The zero-order valence-corrected chi connectivity index (χ0v) is 15.9. The van der Waals surface area contributed by atoms with Crippen LogP contribution in [0.1, 0.15) is 59.3 Å². The largest absolute Gasteiger partial charge is 0.381 e. The first-order valence-electron chi connectivity index (χ1n) is 9.91. The van der Waals surface area contributed by atoms with E-state index in [1.54, 1.807) is 0 Å². The molecule has 1 aliphatic carbocycles. The minimum atomic E-state index is 0.388. The van der Waals surface area contributed by atoms with Crippen LogP contribution in [0.25, 0.3) is 0 Å². The van der Waals surface area contributed by atoms with E-state index in [1.165, 1.54) is 19.3 Å². The van der Waals surface area contributed by atoms with Crippen molar-refractivity contribution in [2.45, 2.75) is 71.4 Å². The van der Waals surface area contributed by atoms with E-state index in [9.17, 15) is 0 Å². The van der Waals surface area contributed by atoms with E-state index < -0.39 is 0 Å². The fraction of sp³-hybridized carbons (Fsp3) is 0.947. The molecule has 2 N–H and O–H groups in total. The van der Waals surface area contributed by atoms with Crippen LogP contribution in [-0.2, 0) is 9.47 Å². The molecule has 140 valence electrons. The van der Waals surface area contributed by atoms with Crippen LogP contribution in [0.15, 0.2) is 4.99 Å². The van der Waals surface area contributed by atoms with E-state index in [2.05, 4.69) is 31.4 Å². The van der Waals surface area contributed by atoms with Crippen molar-refractivity contribution in [2.24, 2.45) is 16.8 Å². The van der Waals surface area contributed by atoms with E-state index in [1.807, 2.05) is 0 Å². The summed E-state index contributed by atoms with van der Waals surface area (Å²) < 4.78 is 11.3. The van der Waals surface area contributed by atoms with Crippen molar-refractivity contribution in [1.82, 2.24) is 10.6 Å². The molecule has 5 heteroatoms. The molecule has 0 spiro atoms. The molecular formula is C19H37N3O2. The molecule has 2 fully saturated rings. The van der Waals surface area contributed by atoms with Crippen molar-refractivity contribution in [2.75, 3.05) is 32.9 Å². The first kappa shape index (κ1) is 19.5. The number of hydrogen-bond acceptors (Lipinski definition) is 3. The predicted octanol–water partition coefficient (Wildman–Crippen LogP) is 2.95. The van der Waals surface area contributed by atoms with E-state index in [4.69, 9.17) is 14.5 Å². The molecule has 2 aliphatic rings. The summed E-state index contributed by atoms with van der Waals surface area (Å²) in [7, 11) is 0. The highest BCUT2D eigenvalue weighted by Crippen LogP contribution is 2.28. The minimum Gasteiger partial charge on any atom is -0.381 e. The maximum Gasteiger partial charge on any atom is 0.191 e. The molecule has 1 saturated carbocycles. The van der Waals surface area contributed by atoms with E-state index in [0.717, 1.165) is 70.0 Å². The highest BCUT2D eigenvalue weighted by Gasteiger charge is 2.24. The van der Waals surface area contributed by atoms with E-state index in [0.29, 0.717) is 12.1 Å². The van der Waals surface area contributed by atoms with Crippen molar-refractivity contribution in [3.05, 3.63) is 0 Å². The third-order valence-electron chi connectivity index (χ3n) is 4.96. The molecule has 2 rings (SSSR count). The maximum atomic E-state index is 5.91. The van der Waals surface area contributed by atoms with Crippen molar-refractivity contribution in [3.8, 4) is 0 Å². The zero-order chi connectivity index (χ0) is 17.2. The molecule has 0 aromatic carbocycles. The summed E-state index contributed by atoms with van der Waals surface area (Å²) in [6.45, 7) is 11.1. The SMILES string of the molecule is CCNC(=NCCCOC1CCOCC1)NC1CC(C)CC(C)C1. The van der Waals surface area contributed by atoms with Gasteiger partial charge in [0, 0.05) is 39.0 Å². The van der Waals surface area contributed by atoms with Gasteiger partial charge in [-0.1, -0.05) is 13.8 Å². The van der Waals surface area contributed by atoms with Gasteiger partial charge in [0.05, 0.1) is 6.10 Å². The van der Waals surface area contributed by atoms with Crippen LogP contribution in [-0.4, -0.2) is 51.0 Å². The van der Waals surface area contributed by atoms with Crippen molar-refractivity contribution in [3.63, 3.8) is 0 Å². The van der Waals surface area contributed by atoms with Crippen molar-refractivity contribution >= 4 is 5.96 Å². The molecule has 0 radical (unpaired) electrons. The lowest BCUT2D eigenvalue weighted by atomic mass is 9.80. The minimum absolute atomic E-state index is 0.388. The number of guanidine groups is 1. The molecule has 0 amide bonds. The molecule has 1 saturated heterocycles. The van der Waals surface area contributed by atoms with Crippen LogP contribution in [0.5, 0.6) is 0 Å². The Morgan fingerprint density at radius 2 is 1.83 bits per heavy atom. The van der Waals surface area contributed by atoms with E-state index >= 15 is 0 Å². The van der Waals surface area contributed by atoms with Crippen LogP contribution in [0.3, 0.4) is 0 Å². The van der Waals surface area contributed by atoms with Gasteiger partial charge in [0.2, 0.25) is 0 Å². The Labute approximate surface area is 148 Å². The molecule has 2 atom stereocenters. The Balaban J connectivity index is 1.67. The second kappa shape index (κ2) is 10.9. The lowest BCUT2D eigenvalue weighted by Crippen LogP contribution is -2.46. The summed E-state index contributed by atoms with van der Waals surface area (Å²) in [4.78, 5) is 4.73. The maximum absolute atomic E-state index is 5.91. The number of hydrogen-bond donors (Lipinski definition) is 2. The number of aliphatic imine (C=N–C) groups is 1. The summed E-state index contributed by atoms with van der Waals surface area (Å²) in [6.07, 6.45) is 7.29. The second-order valence-electron chi connectivity index (χ2n) is 7.56. The topological polar surface area (TPSA) is 54.9 Å². The third-order valence-corrected chi connectivity index (χ3v) is 4.96. The van der Waals surface area contributed by atoms with Crippen LogP contribution >= 0.6 is 0 Å². The van der Waals surface area contributed by atoms with Gasteiger partial charge < -0.3 is 20.1 Å². The van der Waals surface area contributed by atoms with Crippen LogP contribution in [0.4, 0.5) is 0 Å². The molecule has 2 unspecified atom stereocenters. The van der Waals surface area contributed by atoms with Gasteiger partial charge in [-0.25, -0.2) is 0 Å². The molecule has 5 nitrogen and oxygen atoms in total. The molecule has 0 aromatic heterocycles. The summed E-state index contributed by atoms with van der Waals surface area (Å²) >= 11 is 0. The summed E-state index contributed by atoms with van der Waals surface area (Å²) in [5.74, 6) is 2.58. The lowest BCUT2D eigenvalue weighted by Gasteiger charge is -2.32. The fourth-order valence-electron chi connectivity index (χ4n) is 3.93. The number of nitrogens with one attached hydrogen (secondary N) is 2. The molecule has 0 bridgehead atoms. The van der Waals surface area contributed by atoms with Gasteiger partial charge in [-0.15, -0.1) is 0 Å². The van der Waals surface area contributed by atoms with Gasteiger partial charge in [-0.2, -0.15) is 0 Å². The summed E-state index contributed by atoms with van der Waals surface area (Å²) in [5, 5.41) is 7.02. The number of nitrogens with zero attached hydrogens (tertiary/aromatic N) is 1. The van der Waals surface area contributed by atoms with Gasteiger partial charge >= 0.3 is 0 Å². The molecule has 24 heavy (non-hydrogen) atoms. The van der Waals surface area contributed by atoms with Gasteiger partial charge in [-0.3, -0.25) is 4.99 Å². The molecule has 1 heterocycles. The van der Waals surface area contributed by atoms with Gasteiger partial charge in [0.15, 0.2) is 5.96 Å². The normalized spacial score (nSPS) is 29.5. The van der Waals surface area contributed by atoms with Gasteiger partial charge in [0.25, 0.3) is 0 Å². The Bertz CT molecular complexity index is 360. The Kier molecular flexibility index (Phi) is 8.89. The zero-order valence-electron chi connectivity index (χ0n) is 15.9. The first-order valence-corrected chi connectivity index (χ1v) is 9.91. The Morgan fingerprint density at radius 1 is 1.12 bits per heavy atom. The van der Waals surface area contributed by atoms with Crippen LogP contribution < -0.4 is 10.6 Å². The molecular weight excluding hydrogens is 302 g/mol. The van der Waals surface area contributed by atoms with Crippen molar-refractivity contribution in [1.29, 1.82) is 0 Å². The van der Waals surface area contributed by atoms with Crippen molar-refractivity contribution < 1.29 is 9.47 Å². The Morgan fingerprint density at radius 3 is 2.50 bits per heavy atom. The fourth-order valence-corrected chi connectivity index (χ4v) is 3.93. The smallest absolute Gasteiger partial charge is 0.191 e. The first-order chi connectivity index (χ1) is 11.7. The average Bonchev–Trinajstić information content (AvgIpc) is 2.54. The van der Waals surface area contributed by atoms with Crippen LogP contribution in [0, 0.1) is 11.8 Å². The Hall–Kier alpha value is -0.810. The van der Waals surface area contributed by atoms with E-state index in [-0.39, 0.29) is 0 Å². The number of ether oxygens (including phenoxy) is 2. The highest BCUT2D eigenvalue weighted by atomic mass is 16.5. The molecule has 0 aromatic rings. The lowest BCUT2D eigenvalue weighted by molar-refractivity contribution is -0.0318. The average molecular weight is 340 g/mol. The quantitative estimate of drug-likeness (QED) is 0.425. The third kappa shape index (κ3) is 7.39.